The first-order chi connectivity index (χ1) is 10.7. The van der Waals surface area contributed by atoms with Gasteiger partial charge >= 0.3 is 0 Å². The summed E-state index contributed by atoms with van der Waals surface area (Å²) in [5, 5.41) is 58.1. The number of benzene rings is 1. The van der Waals surface area contributed by atoms with E-state index >= 15 is 0 Å². The summed E-state index contributed by atoms with van der Waals surface area (Å²) in [6, 6.07) is 1.94. The average molecular weight is 320 g/mol. The number of aromatic hydroxyl groups is 3. The van der Waals surface area contributed by atoms with E-state index in [1.165, 1.54) is 0 Å². The van der Waals surface area contributed by atoms with E-state index in [1.807, 2.05) is 0 Å². The molecule has 6 N–H and O–H groups in total. The topological polar surface area (TPSA) is 152 Å². The van der Waals surface area contributed by atoms with Crippen LogP contribution in [0.3, 0.4) is 0 Å². The fourth-order valence-electron chi connectivity index (χ4n) is 2.48. The van der Waals surface area contributed by atoms with Crippen LogP contribution in [-0.2, 0) is 0 Å². The van der Waals surface area contributed by atoms with Crippen molar-refractivity contribution in [1.29, 1.82) is 0 Å². The Morgan fingerprint density at radius 3 is 2.43 bits per heavy atom. The molecule has 0 fully saturated rings. The summed E-state index contributed by atoms with van der Waals surface area (Å²) >= 11 is 0. The third-order valence-corrected chi connectivity index (χ3v) is 3.52. The molecular weight excluding hydrogens is 308 g/mol. The van der Waals surface area contributed by atoms with Crippen LogP contribution in [0.2, 0.25) is 0 Å². The van der Waals surface area contributed by atoms with E-state index in [0.29, 0.717) is 6.08 Å². The van der Waals surface area contributed by atoms with Gasteiger partial charge in [0.25, 0.3) is 0 Å². The van der Waals surface area contributed by atoms with Crippen LogP contribution in [0.25, 0.3) is 11.0 Å². The molecule has 1 atom stereocenters. The molecule has 0 radical (unpaired) electrons. The minimum atomic E-state index is -2.61. The van der Waals surface area contributed by atoms with Crippen molar-refractivity contribution in [3.05, 3.63) is 52.1 Å². The average Bonchev–Trinajstić information content (AvgIpc) is 2.41. The number of phenolic OH excluding ortho intramolecular Hbond substituents is 2. The maximum absolute atomic E-state index is 12.2. The second kappa shape index (κ2) is 4.77. The van der Waals surface area contributed by atoms with Crippen LogP contribution in [0.4, 0.5) is 0 Å². The summed E-state index contributed by atoms with van der Waals surface area (Å²) in [6.07, 6.45) is 2.97. The van der Waals surface area contributed by atoms with Gasteiger partial charge in [-0.3, -0.25) is 4.79 Å². The van der Waals surface area contributed by atoms with Gasteiger partial charge in [-0.2, -0.15) is 0 Å². The van der Waals surface area contributed by atoms with Crippen LogP contribution >= 0.6 is 0 Å². The number of rotatable bonds is 1. The Hall–Kier alpha value is -2.97. The number of aliphatic hydroxyl groups is 3. The van der Waals surface area contributed by atoms with Crippen molar-refractivity contribution in [3.63, 3.8) is 0 Å². The molecule has 1 aliphatic rings. The van der Waals surface area contributed by atoms with Gasteiger partial charge in [0.1, 0.15) is 28.2 Å². The SMILES string of the molecule is O=c1c(O)c(C2C=CC(O)=CC2(O)O)oc2cc(O)cc(O)c12. The number of fused-ring (bicyclic) bond motifs is 1. The summed E-state index contributed by atoms with van der Waals surface area (Å²) in [6.45, 7) is 0. The second-order valence-electron chi connectivity index (χ2n) is 5.17. The van der Waals surface area contributed by atoms with Gasteiger partial charge < -0.3 is 35.1 Å². The lowest BCUT2D eigenvalue weighted by atomic mass is 9.90. The van der Waals surface area contributed by atoms with Gasteiger partial charge in [0, 0.05) is 18.2 Å². The highest BCUT2D eigenvalue weighted by molar-refractivity contribution is 5.86. The summed E-state index contributed by atoms with van der Waals surface area (Å²) in [7, 11) is 0. The molecule has 0 spiro atoms. The molecule has 8 nitrogen and oxygen atoms in total. The van der Waals surface area contributed by atoms with Gasteiger partial charge in [-0.15, -0.1) is 0 Å². The molecule has 8 heteroatoms. The summed E-state index contributed by atoms with van der Waals surface area (Å²) in [5.74, 6) is -6.80. The standard InChI is InChI=1S/C15H12O8/c16-6-1-2-8(15(21,22)5-6)14-13(20)12(19)11-9(18)3-7(17)4-10(11)23-14/h1-5,8,16-18,20-22H. The van der Waals surface area contributed by atoms with Crippen molar-refractivity contribution in [2.45, 2.75) is 11.7 Å². The second-order valence-corrected chi connectivity index (χ2v) is 5.17. The van der Waals surface area contributed by atoms with Crippen LogP contribution in [-0.4, -0.2) is 36.4 Å². The molecule has 3 rings (SSSR count). The van der Waals surface area contributed by atoms with Gasteiger partial charge in [0.05, 0.1) is 5.92 Å². The number of allylic oxidation sites excluding steroid dienone is 1. The highest BCUT2D eigenvalue weighted by Gasteiger charge is 2.39. The molecule has 0 saturated carbocycles. The molecule has 0 aliphatic heterocycles. The smallest absolute Gasteiger partial charge is 0.238 e. The van der Waals surface area contributed by atoms with E-state index in [4.69, 9.17) is 4.42 Å². The van der Waals surface area contributed by atoms with E-state index in [2.05, 4.69) is 0 Å². The van der Waals surface area contributed by atoms with Gasteiger partial charge in [0.2, 0.25) is 17.0 Å². The first-order valence-electron chi connectivity index (χ1n) is 6.47. The molecule has 2 aromatic rings. The number of aliphatic hydroxyl groups excluding tert-OH is 1. The predicted molar refractivity (Wildman–Crippen MR) is 77.2 cm³/mol. The Morgan fingerprint density at radius 2 is 1.78 bits per heavy atom. The van der Waals surface area contributed by atoms with Crippen LogP contribution in [0.5, 0.6) is 17.2 Å². The largest absolute Gasteiger partial charge is 0.508 e. The zero-order valence-corrected chi connectivity index (χ0v) is 11.5. The maximum atomic E-state index is 12.2. The Bertz CT molecular complexity index is 919. The third-order valence-electron chi connectivity index (χ3n) is 3.52. The predicted octanol–water partition coefficient (Wildman–Crippen LogP) is 0.686. The Balaban J connectivity index is 2.30. The highest BCUT2D eigenvalue weighted by atomic mass is 16.5. The van der Waals surface area contributed by atoms with Crippen LogP contribution in [0.15, 0.2) is 45.3 Å². The van der Waals surface area contributed by atoms with E-state index in [-0.39, 0.29) is 16.7 Å². The van der Waals surface area contributed by atoms with E-state index in [0.717, 1.165) is 24.3 Å². The first kappa shape index (κ1) is 14.9. The molecular formula is C15H12O8. The fraction of sp³-hybridized carbons (Fsp3) is 0.133. The van der Waals surface area contributed by atoms with Gasteiger partial charge in [-0.05, 0) is 6.08 Å². The van der Waals surface area contributed by atoms with E-state index < -0.39 is 40.2 Å². The lowest BCUT2D eigenvalue weighted by Crippen LogP contribution is -2.35. The van der Waals surface area contributed by atoms with Crippen LogP contribution in [0.1, 0.15) is 11.7 Å². The maximum Gasteiger partial charge on any atom is 0.238 e. The summed E-state index contributed by atoms with van der Waals surface area (Å²) in [5.41, 5.74) is -1.25. The Morgan fingerprint density at radius 1 is 1.09 bits per heavy atom. The van der Waals surface area contributed by atoms with Gasteiger partial charge in [-0.1, -0.05) is 6.08 Å². The van der Waals surface area contributed by atoms with Crippen molar-refractivity contribution in [3.8, 4) is 17.2 Å². The molecule has 0 saturated heterocycles. The summed E-state index contributed by atoms with van der Waals surface area (Å²) < 4.78 is 5.29. The first-order valence-corrected chi connectivity index (χ1v) is 6.47. The molecule has 1 aliphatic carbocycles. The molecule has 1 heterocycles. The Labute approximate surface area is 128 Å². The van der Waals surface area contributed by atoms with Crippen molar-refractivity contribution in [1.82, 2.24) is 0 Å². The number of hydrogen-bond donors (Lipinski definition) is 6. The van der Waals surface area contributed by atoms with E-state index in [9.17, 15) is 35.4 Å². The zero-order valence-electron chi connectivity index (χ0n) is 11.5. The molecule has 0 amide bonds. The monoisotopic (exact) mass is 320 g/mol. The number of hydrogen-bond acceptors (Lipinski definition) is 8. The molecule has 23 heavy (non-hydrogen) atoms. The van der Waals surface area contributed by atoms with Crippen LogP contribution in [0, 0.1) is 0 Å². The van der Waals surface area contributed by atoms with Crippen molar-refractivity contribution in [2.75, 3.05) is 0 Å². The van der Waals surface area contributed by atoms with Crippen LogP contribution < -0.4 is 5.43 Å². The lowest BCUT2D eigenvalue weighted by Gasteiger charge is -2.28. The molecule has 0 bridgehead atoms. The molecule has 1 unspecified atom stereocenters. The molecule has 1 aromatic heterocycles. The van der Waals surface area contributed by atoms with Crippen molar-refractivity contribution < 1.29 is 35.1 Å². The molecule has 120 valence electrons. The van der Waals surface area contributed by atoms with E-state index in [1.54, 1.807) is 0 Å². The minimum absolute atomic E-state index is 0.247. The lowest BCUT2D eigenvalue weighted by molar-refractivity contribution is -0.133. The minimum Gasteiger partial charge on any atom is -0.508 e. The normalized spacial score (nSPS) is 19.7. The van der Waals surface area contributed by atoms with Gasteiger partial charge in [-0.25, -0.2) is 0 Å². The highest BCUT2D eigenvalue weighted by Crippen LogP contribution is 2.39. The van der Waals surface area contributed by atoms with Crippen molar-refractivity contribution >= 4 is 11.0 Å². The molecule has 1 aromatic carbocycles. The third kappa shape index (κ3) is 2.30. The van der Waals surface area contributed by atoms with Gasteiger partial charge in [0.15, 0.2) is 5.76 Å². The quantitative estimate of drug-likeness (QED) is 0.420. The Kier molecular flexibility index (Phi) is 3.10. The fourth-order valence-corrected chi connectivity index (χ4v) is 2.48. The summed E-state index contributed by atoms with van der Waals surface area (Å²) in [4.78, 5) is 12.2. The zero-order chi connectivity index (χ0) is 16.9. The number of phenols is 2. The van der Waals surface area contributed by atoms with Crippen molar-refractivity contribution in [2.24, 2.45) is 0 Å².